The number of hydrogen-bond donors (Lipinski definition) is 0. The summed E-state index contributed by atoms with van der Waals surface area (Å²) in [6.45, 7) is 7.39. The summed E-state index contributed by atoms with van der Waals surface area (Å²) >= 11 is 0. The van der Waals surface area contributed by atoms with Gasteiger partial charge in [0, 0.05) is 0 Å². The van der Waals surface area contributed by atoms with E-state index in [0.717, 1.165) is 23.4 Å². The van der Waals surface area contributed by atoms with Crippen LogP contribution in [0.2, 0.25) is 19.6 Å². The Bertz CT molecular complexity index is 851. The molecule has 0 saturated carbocycles. The van der Waals surface area contributed by atoms with Crippen LogP contribution in [-0.2, 0) is 6.54 Å². The number of rotatable bonds is 2. The van der Waals surface area contributed by atoms with E-state index in [1.165, 1.54) is 5.56 Å². The fourth-order valence-corrected chi connectivity index (χ4v) is 2.61. The lowest BCUT2D eigenvalue weighted by atomic mass is 10.2. The maximum absolute atomic E-state index is 4.47. The molecule has 0 spiro atoms. The Balaban J connectivity index is 2.00. The highest BCUT2D eigenvalue weighted by Gasteiger charge is 2.11. The monoisotopic (exact) mass is 306 g/mol. The topological polar surface area (TPSA) is 43.6 Å². The summed E-state index contributed by atoms with van der Waals surface area (Å²) in [6, 6.07) is 10.3. The first-order valence-electron chi connectivity index (χ1n) is 7.26. The molecule has 0 radical (unpaired) electrons. The maximum atomic E-state index is 4.47. The molecule has 0 N–H and O–H groups in total. The second-order valence-electron chi connectivity index (χ2n) is 6.25. The fraction of sp³-hybridized carbons (Fsp3) is 0.235. The minimum Gasteiger partial charge on any atom is -0.311 e. The Kier molecular flexibility index (Phi) is 3.78. The molecule has 0 fully saturated rings. The minimum absolute atomic E-state index is 0.722. The molecular weight excluding hydrogens is 288 g/mol. The van der Waals surface area contributed by atoms with Gasteiger partial charge < -0.3 is 4.57 Å². The molecule has 4 nitrogen and oxygen atoms in total. The van der Waals surface area contributed by atoms with Crippen molar-refractivity contribution in [3.8, 4) is 11.5 Å². The first kappa shape index (κ1) is 14.5. The Morgan fingerprint density at radius 2 is 1.82 bits per heavy atom. The van der Waals surface area contributed by atoms with Gasteiger partial charge in [0.15, 0.2) is 5.65 Å². The number of fused-ring (bicyclic) bond motifs is 1. The highest BCUT2D eigenvalue weighted by atomic mass is 28.3. The average Bonchev–Trinajstić information content (AvgIpc) is 2.89. The van der Waals surface area contributed by atoms with Gasteiger partial charge in [-0.3, -0.25) is 0 Å². The van der Waals surface area contributed by atoms with Crippen LogP contribution in [0.5, 0.6) is 0 Å². The zero-order valence-electron chi connectivity index (χ0n) is 13.0. The summed E-state index contributed by atoms with van der Waals surface area (Å²) in [5.41, 5.74) is 6.89. The van der Waals surface area contributed by atoms with E-state index in [1.807, 2.05) is 29.1 Å². The predicted octanol–water partition coefficient (Wildman–Crippen LogP) is 3.10. The molecule has 5 heteroatoms. The quantitative estimate of drug-likeness (QED) is 0.540. The van der Waals surface area contributed by atoms with Crippen LogP contribution in [0, 0.1) is 11.5 Å². The predicted molar refractivity (Wildman–Crippen MR) is 91.1 cm³/mol. The van der Waals surface area contributed by atoms with Crippen LogP contribution in [0.3, 0.4) is 0 Å². The smallest absolute Gasteiger partial charge is 0.164 e. The van der Waals surface area contributed by atoms with Crippen molar-refractivity contribution < 1.29 is 0 Å². The molecule has 1 aromatic carbocycles. The Morgan fingerprint density at radius 3 is 2.55 bits per heavy atom. The van der Waals surface area contributed by atoms with Gasteiger partial charge >= 0.3 is 0 Å². The zero-order chi connectivity index (χ0) is 15.6. The minimum atomic E-state index is -1.44. The summed E-state index contributed by atoms with van der Waals surface area (Å²) in [4.78, 5) is 13.1. The van der Waals surface area contributed by atoms with Gasteiger partial charge in [0.2, 0.25) is 0 Å². The normalized spacial score (nSPS) is 11.2. The number of nitrogens with zero attached hydrogens (tertiary/aromatic N) is 4. The third-order valence-electron chi connectivity index (χ3n) is 3.15. The Hall–Kier alpha value is -2.45. The maximum Gasteiger partial charge on any atom is 0.164 e. The lowest BCUT2D eigenvalue weighted by molar-refractivity contribution is 0.813. The molecule has 2 aromatic heterocycles. The van der Waals surface area contributed by atoms with E-state index in [1.54, 1.807) is 6.33 Å². The molecule has 0 aliphatic rings. The van der Waals surface area contributed by atoms with Crippen molar-refractivity contribution >= 4 is 19.2 Å². The van der Waals surface area contributed by atoms with Crippen LogP contribution in [0.25, 0.3) is 11.2 Å². The highest BCUT2D eigenvalue weighted by Crippen LogP contribution is 2.14. The summed E-state index contributed by atoms with van der Waals surface area (Å²) < 4.78 is 2.03. The van der Waals surface area contributed by atoms with Gasteiger partial charge in [-0.2, -0.15) is 0 Å². The van der Waals surface area contributed by atoms with Gasteiger partial charge in [-0.05, 0) is 5.56 Å². The SMILES string of the molecule is C[Si](C)(C)C#Cc1ncnc2c1ncn2Cc1ccccc1. The van der Waals surface area contributed by atoms with Gasteiger partial charge in [-0.15, -0.1) is 5.54 Å². The molecule has 110 valence electrons. The van der Waals surface area contributed by atoms with Crippen molar-refractivity contribution in [2.24, 2.45) is 0 Å². The second-order valence-corrected chi connectivity index (χ2v) is 11.0. The van der Waals surface area contributed by atoms with Crippen LogP contribution in [0.15, 0.2) is 43.0 Å². The third-order valence-corrected chi connectivity index (χ3v) is 4.03. The van der Waals surface area contributed by atoms with Gasteiger partial charge in [-0.1, -0.05) is 55.9 Å². The molecular formula is C17H18N4Si. The molecule has 0 aliphatic heterocycles. The molecule has 0 saturated heterocycles. The summed E-state index contributed by atoms with van der Waals surface area (Å²) in [5.74, 6) is 3.19. The van der Waals surface area contributed by atoms with Gasteiger partial charge in [0.05, 0.1) is 12.9 Å². The molecule has 3 aromatic rings. The summed E-state index contributed by atoms with van der Waals surface area (Å²) in [7, 11) is -1.44. The van der Waals surface area contributed by atoms with Gasteiger partial charge in [-0.25, -0.2) is 15.0 Å². The van der Waals surface area contributed by atoms with Crippen molar-refractivity contribution in [2.45, 2.75) is 26.2 Å². The van der Waals surface area contributed by atoms with Crippen LogP contribution >= 0.6 is 0 Å². The number of aromatic nitrogens is 4. The van der Waals surface area contributed by atoms with Crippen molar-refractivity contribution in [1.29, 1.82) is 0 Å². The van der Waals surface area contributed by atoms with Gasteiger partial charge in [0.1, 0.15) is 25.6 Å². The molecule has 0 unspecified atom stereocenters. The van der Waals surface area contributed by atoms with Crippen LogP contribution in [0.1, 0.15) is 11.3 Å². The molecule has 0 bridgehead atoms. The van der Waals surface area contributed by atoms with E-state index in [4.69, 9.17) is 0 Å². The van der Waals surface area contributed by atoms with E-state index >= 15 is 0 Å². The number of imidazole rings is 1. The van der Waals surface area contributed by atoms with E-state index in [2.05, 4.69) is 58.2 Å². The van der Waals surface area contributed by atoms with E-state index < -0.39 is 8.07 Å². The zero-order valence-corrected chi connectivity index (χ0v) is 14.0. The Labute approximate surface area is 131 Å². The lowest BCUT2D eigenvalue weighted by Crippen LogP contribution is -2.16. The van der Waals surface area contributed by atoms with Crippen molar-refractivity contribution in [3.05, 3.63) is 54.2 Å². The average molecular weight is 306 g/mol. The van der Waals surface area contributed by atoms with Gasteiger partial charge in [0.25, 0.3) is 0 Å². The summed E-state index contributed by atoms with van der Waals surface area (Å²) in [6.07, 6.45) is 3.38. The molecule has 22 heavy (non-hydrogen) atoms. The first-order chi connectivity index (χ1) is 10.5. The molecule has 0 aliphatic carbocycles. The fourth-order valence-electron chi connectivity index (χ4n) is 2.11. The third kappa shape index (κ3) is 3.23. The number of hydrogen-bond acceptors (Lipinski definition) is 3. The van der Waals surface area contributed by atoms with E-state index in [9.17, 15) is 0 Å². The van der Waals surface area contributed by atoms with Crippen molar-refractivity contribution in [1.82, 2.24) is 19.5 Å². The van der Waals surface area contributed by atoms with Crippen LogP contribution in [-0.4, -0.2) is 27.6 Å². The summed E-state index contributed by atoms with van der Waals surface area (Å²) in [5, 5.41) is 0. The molecule has 2 heterocycles. The van der Waals surface area contributed by atoms with Crippen molar-refractivity contribution in [2.75, 3.05) is 0 Å². The lowest BCUT2D eigenvalue weighted by Gasteiger charge is -2.04. The molecule has 0 amide bonds. The second kappa shape index (κ2) is 5.74. The number of benzene rings is 1. The molecule has 0 atom stereocenters. The van der Waals surface area contributed by atoms with Crippen LogP contribution < -0.4 is 0 Å². The van der Waals surface area contributed by atoms with Crippen LogP contribution in [0.4, 0.5) is 0 Å². The highest BCUT2D eigenvalue weighted by molar-refractivity contribution is 6.83. The van der Waals surface area contributed by atoms with Crippen molar-refractivity contribution in [3.63, 3.8) is 0 Å². The van der Waals surface area contributed by atoms with E-state index in [0.29, 0.717) is 0 Å². The Morgan fingerprint density at radius 1 is 1.05 bits per heavy atom. The standard InChI is InChI=1S/C17H18N4Si/c1-22(2,3)10-9-15-16-17(19-12-18-15)21(13-20-16)11-14-7-5-4-6-8-14/h4-8,12-13H,11H2,1-3H3. The molecule has 3 rings (SSSR count). The first-order valence-corrected chi connectivity index (χ1v) is 10.8. The van der Waals surface area contributed by atoms with E-state index in [-0.39, 0.29) is 0 Å². The largest absolute Gasteiger partial charge is 0.311 e.